The van der Waals surface area contributed by atoms with Crippen LogP contribution < -0.4 is 5.73 Å². The molecule has 1 atom stereocenters. The maximum atomic E-state index is 11.9. The van der Waals surface area contributed by atoms with Gasteiger partial charge in [-0.1, -0.05) is 12.1 Å². The largest absolute Gasteiger partial charge is 0.460 e. The fourth-order valence-corrected chi connectivity index (χ4v) is 2.06. The second-order valence-electron chi connectivity index (χ2n) is 5.92. The maximum absolute atomic E-state index is 11.9. The number of nitro groups is 1. The summed E-state index contributed by atoms with van der Waals surface area (Å²) in [4.78, 5) is 22.3. The lowest BCUT2D eigenvalue weighted by Gasteiger charge is -2.22. The molecule has 0 bridgehead atoms. The van der Waals surface area contributed by atoms with Gasteiger partial charge in [-0.05, 0) is 45.2 Å². The van der Waals surface area contributed by atoms with E-state index in [9.17, 15) is 14.9 Å². The minimum absolute atomic E-state index is 0.0127. The summed E-state index contributed by atoms with van der Waals surface area (Å²) in [6.07, 6.45) is 0.732. The predicted molar refractivity (Wildman–Crippen MR) is 80.0 cm³/mol. The summed E-state index contributed by atoms with van der Waals surface area (Å²) in [5, 5.41) is 10.8. The van der Waals surface area contributed by atoms with Crippen molar-refractivity contribution in [3.05, 3.63) is 39.9 Å². The number of non-ortho nitro benzene ring substituents is 1. The quantitative estimate of drug-likeness (QED) is 0.494. The smallest absolute Gasteiger partial charge is 0.306 e. The molecule has 0 saturated carbocycles. The van der Waals surface area contributed by atoms with Crippen LogP contribution in [0.3, 0.4) is 0 Å². The number of nitrogens with zero attached hydrogens (tertiary/aromatic N) is 1. The highest BCUT2D eigenvalue weighted by atomic mass is 16.6. The third-order valence-electron chi connectivity index (χ3n) is 2.90. The van der Waals surface area contributed by atoms with Gasteiger partial charge in [-0.2, -0.15) is 0 Å². The number of esters is 1. The highest BCUT2D eigenvalue weighted by Crippen LogP contribution is 2.27. The molecule has 0 amide bonds. The minimum Gasteiger partial charge on any atom is -0.460 e. The Bertz CT molecular complexity index is 509. The number of carbonyl (C=O) groups is 1. The topological polar surface area (TPSA) is 95.5 Å². The highest BCUT2D eigenvalue weighted by molar-refractivity contribution is 5.71. The van der Waals surface area contributed by atoms with Gasteiger partial charge in [0.25, 0.3) is 5.69 Å². The van der Waals surface area contributed by atoms with Gasteiger partial charge >= 0.3 is 5.97 Å². The van der Waals surface area contributed by atoms with Crippen molar-refractivity contribution in [2.24, 2.45) is 5.73 Å². The molecule has 1 aromatic carbocycles. The summed E-state index contributed by atoms with van der Waals surface area (Å²) in [6.45, 7) is 5.80. The number of hydrogen-bond donors (Lipinski definition) is 1. The van der Waals surface area contributed by atoms with Gasteiger partial charge in [-0.3, -0.25) is 14.9 Å². The van der Waals surface area contributed by atoms with E-state index in [1.807, 2.05) is 0 Å². The van der Waals surface area contributed by atoms with E-state index >= 15 is 0 Å². The molecule has 1 unspecified atom stereocenters. The van der Waals surface area contributed by atoms with Gasteiger partial charge in [-0.15, -0.1) is 0 Å². The predicted octanol–water partition coefficient (Wildman–Crippen LogP) is 2.76. The molecule has 0 aliphatic carbocycles. The van der Waals surface area contributed by atoms with Gasteiger partial charge in [0.1, 0.15) is 5.60 Å². The number of carbonyl (C=O) groups excluding carboxylic acids is 1. The molecule has 6 heteroatoms. The fourth-order valence-electron chi connectivity index (χ4n) is 2.06. The second-order valence-corrected chi connectivity index (χ2v) is 5.92. The molecule has 0 aliphatic rings. The average molecular weight is 294 g/mol. The lowest BCUT2D eigenvalue weighted by Crippen LogP contribution is -2.25. The molecular formula is C15H22N2O4. The molecule has 6 nitrogen and oxygen atoms in total. The Hall–Kier alpha value is -1.95. The van der Waals surface area contributed by atoms with Crippen LogP contribution in [-0.2, 0) is 9.53 Å². The van der Waals surface area contributed by atoms with E-state index in [-0.39, 0.29) is 24.0 Å². The van der Waals surface area contributed by atoms with Gasteiger partial charge in [0, 0.05) is 12.1 Å². The van der Waals surface area contributed by atoms with Gasteiger partial charge < -0.3 is 10.5 Å². The highest BCUT2D eigenvalue weighted by Gasteiger charge is 2.22. The SMILES string of the molecule is CC(C)(C)OC(=O)CC(CCN)c1cccc([N+](=O)[O-])c1. The van der Waals surface area contributed by atoms with Crippen molar-refractivity contribution >= 4 is 11.7 Å². The summed E-state index contributed by atoms with van der Waals surface area (Å²) in [5.41, 5.74) is 5.78. The van der Waals surface area contributed by atoms with Crippen molar-refractivity contribution in [3.8, 4) is 0 Å². The van der Waals surface area contributed by atoms with E-state index in [1.54, 1.807) is 32.9 Å². The number of benzene rings is 1. The summed E-state index contributed by atoms with van der Waals surface area (Å²) >= 11 is 0. The van der Waals surface area contributed by atoms with E-state index < -0.39 is 10.5 Å². The van der Waals surface area contributed by atoms with Crippen molar-refractivity contribution in [1.82, 2.24) is 0 Å². The van der Waals surface area contributed by atoms with Crippen LogP contribution in [-0.4, -0.2) is 23.0 Å². The third kappa shape index (κ3) is 5.91. The molecule has 0 aliphatic heterocycles. The van der Waals surface area contributed by atoms with E-state index in [4.69, 9.17) is 10.5 Å². The van der Waals surface area contributed by atoms with Crippen LogP contribution in [0.15, 0.2) is 24.3 Å². The van der Waals surface area contributed by atoms with Gasteiger partial charge in [0.2, 0.25) is 0 Å². The van der Waals surface area contributed by atoms with Crippen LogP contribution in [0.2, 0.25) is 0 Å². The molecule has 116 valence electrons. The van der Waals surface area contributed by atoms with Crippen molar-refractivity contribution < 1.29 is 14.5 Å². The van der Waals surface area contributed by atoms with Crippen molar-refractivity contribution in [3.63, 3.8) is 0 Å². The summed E-state index contributed by atoms with van der Waals surface area (Å²) in [7, 11) is 0. The second kappa shape index (κ2) is 7.17. The van der Waals surface area contributed by atoms with E-state index in [1.165, 1.54) is 12.1 Å². The van der Waals surface area contributed by atoms with Crippen molar-refractivity contribution in [1.29, 1.82) is 0 Å². The Morgan fingerprint density at radius 3 is 2.62 bits per heavy atom. The fraction of sp³-hybridized carbons (Fsp3) is 0.533. The lowest BCUT2D eigenvalue weighted by atomic mass is 9.92. The zero-order valence-electron chi connectivity index (χ0n) is 12.7. The first-order valence-corrected chi connectivity index (χ1v) is 6.89. The summed E-state index contributed by atoms with van der Waals surface area (Å²) < 4.78 is 5.30. The zero-order chi connectivity index (χ0) is 16.0. The standard InChI is InChI=1S/C15H22N2O4/c1-15(2,3)21-14(18)10-12(7-8-16)11-5-4-6-13(9-11)17(19)20/h4-6,9,12H,7-8,10,16H2,1-3H3. The first kappa shape index (κ1) is 17.1. The summed E-state index contributed by atoms with van der Waals surface area (Å²) in [6, 6.07) is 6.31. The molecule has 1 rings (SSSR count). The molecule has 21 heavy (non-hydrogen) atoms. The zero-order valence-corrected chi connectivity index (χ0v) is 12.7. The molecule has 0 radical (unpaired) electrons. The van der Waals surface area contributed by atoms with Gasteiger partial charge in [0.15, 0.2) is 0 Å². The van der Waals surface area contributed by atoms with E-state index in [2.05, 4.69) is 0 Å². The number of ether oxygens (including phenoxy) is 1. The van der Waals surface area contributed by atoms with Crippen molar-refractivity contribution in [2.45, 2.75) is 45.1 Å². The van der Waals surface area contributed by atoms with E-state index in [0.717, 1.165) is 5.56 Å². The molecule has 0 fully saturated rings. The van der Waals surface area contributed by atoms with Crippen LogP contribution in [0.25, 0.3) is 0 Å². The molecule has 0 saturated heterocycles. The molecule has 1 aromatic rings. The van der Waals surface area contributed by atoms with Crippen LogP contribution in [0.1, 0.15) is 45.1 Å². The monoisotopic (exact) mass is 294 g/mol. The first-order valence-electron chi connectivity index (χ1n) is 6.89. The van der Waals surface area contributed by atoms with Gasteiger partial charge in [-0.25, -0.2) is 0 Å². The Morgan fingerprint density at radius 2 is 2.10 bits per heavy atom. The van der Waals surface area contributed by atoms with Crippen LogP contribution in [0.5, 0.6) is 0 Å². The molecule has 2 N–H and O–H groups in total. The van der Waals surface area contributed by atoms with Crippen LogP contribution >= 0.6 is 0 Å². The number of rotatable bonds is 6. The molecule has 0 spiro atoms. The maximum Gasteiger partial charge on any atom is 0.306 e. The Balaban J connectivity index is 2.88. The minimum atomic E-state index is -0.549. The third-order valence-corrected chi connectivity index (χ3v) is 2.90. The van der Waals surface area contributed by atoms with Gasteiger partial charge in [0.05, 0.1) is 11.3 Å². The molecule has 0 aromatic heterocycles. The Kier molecular flexibility index (Phi) is 5.84. The first-order chi connectivity index (χ1) is 9.73. The van der Waals surface area contributed by atoms with Crippen LogP contribution in [0.4, 0.5) is 5.69 Å². The number of nitro benzene ring substituents is 1. The van der Waals surface area contributed by atoms with Crippen LogP contribution in [0, 0.1) is 10.1 Å². The Morgan fingerprint density at radius 1 is 1.43 bits per heavy atom. The number of nitrogens with two attached hydrogens (primary N) is 1. The van der Waals surface area contributed by atoms with E-state index in [0.29, 0.717) is 13.0 Å². The Labute approximate surface area is 124 Å². The molecule has 0 heterocycles. The summed E-state index contributed by atoms with van der Waals surface area (Å²) in [5.74, 6) is -0.503. The average Bonchev–Trinajstić information content (AvgIpc) is 2.36. The lowest BCUT2D eigenvalue weighted by molar-refractivity contribution is -0.384. The molecular weight excluding hydrogens is 272 g/mol. The van der Waals surface area contributed by atoms with Crippen molar-refractivity contribution in [2.75, 3.05) is 6.54 Å². The number of hydrogen-bond acceptors (Lipinski definition) is 5. The normalized spacial score (nSPS) is 12.8.